The van der Waals surface area contributed by atoms with Gasteiger partial charge in [-0.3, -0.25) is 5.32 Å². The minimum absolute atomic E-state index is 0.298. The van der Waals surface area contributed by atoms with E-state index in [9.17, 15) is 9.18 Å². The Morgan fingerprint density at radius 3 is 2.69 bits per heavy atom. The number of thiazole rings is 1. The molecule has 1 aromatic heterocycles. The standard InChI is InChI=1S/C10H7FN2O2S/c11-7-3-1-6(2-4-7)8-5-12-9(16-8)13-10(14)15/h1-5H,(H,12,13)(H,14,15). The lowest BCUT2D eigenvalue weighted by atomic mass is 10.2. The van der Waals surface area contributed by atoms with E-state index in [1.54, 1.807) is 18.3 Å². The summed E-state index contributed by atoms with van der Waals surface area (Å²) in [5.41, 5.74) is 0.803. The van der Waals surface area contributed by atoms with Gasteiger partial charge in [0, 0.05) is 6.20 Å². The Balaban J connectivity index is 2.24. The van der Waals surface area contributed by atoms with Crippen molar-refractivity contribution in [2.45, 2.75) is 0 Å². The molecule has 1 heterocycles. The van der Waals surface area contributed by atoms with Gasteiger partial charge in [-0.1, -0.05) is 23.5 Å². The summed E-state index contributed by atoms with van der Waals surface area (Å²) >= 11 is 1.19. The van der Waals surface area contributed by atoms with Crippen LogP contribution in [0.2, 0.25) is 0 Å². The molecule has 0 unspecified atom stereocenters. The van der Waals surface area contributed by atoms with Gasteiger partial charge in [-0.25, -0.2) is 14.2 Å². The van der Waals surface area contributed by atoms with Crippen LogP contribution >= 0.6 is 11.3 Å². The summed E-state index contributed by atoms with van der Waals surface area (Å²) in [7, 11) is 0. The molecule has 1 aromatic carbocycles. The molecule has 0 aliphatic rings. The number of benzene rings is 1. The second kappa shape index (κ2) is 4.28. The van der Waals surface area contributed by atoms with Crippen LogP contribution in [0.25, 0.3) is 10.4 Å². The van der Waals surface area contributed by atoms with E-state index in [4.69, 9.17) is 5.11 Å². The van der Waals surface area contributed by atoms with Crippen LogP contribution in [0, 0.1) is 5.82 Å². The van der Waals surface area contributed by atoms with E-state index < -0.39 is 6.09 Å². The Kier molecular flexibility index (Phi) is 2.82. The number of nitrogens with zero attached hydrogens (tertiary/aromatic N) is 1. The number of carboxylic acid groups (broad SMARTS) is 1. The Hall–Kier alpha value is -1.95. The number of hydrogen-bond acceptors (Lipinski definition) is 3. The average molecular weight is 238 g/mol. The topological polar surface area (TPSA) is 62.2 Å². The average Bonchev–Trinajstić information content (AvgIpc) is 2.66. The maximum Gasteiger partial charge on any atom is 0.410 e. The monoisotopic (exact) mass is 238 g/mol. The van der Waals surface area contributed by atoms with Gasteiger partial charge >= 0.3 is 6.09 Å². The van der Waals surface area contributed by atoms with Crippen LogP contribution in [0.15, 0.2) is 30.5 Å². The normalized spacial score (nSPS) is 10.1. The molecule has 0 atom stereocenters. The lowest BCUT2D eigenvalue weighted by Crippen LogP contribution is -2.06. The maximum absolute atomic E-state index is 12.7. The summed E-state index contributed by atoms with van der Waals surface area (Å²) < 4.78 is 12.7. The van der Waals surface area contributed by atoms with Gasteiger partial charge in [-0.2, -0.15) is 0 Å². The van der Waals surface area contributed by atoms with Gasteiger partial charge < -0.3 is 5.11 Å². The Bertz CT molecular complexity index is 510. The number of halogens is 1. The van der Waals surface area contributed by atoms with Crippen LogP contribution < -0.4 is 5.32 Å². The number of amides is 1. The van der Waals surface area contributed by atoms with Crippen LogP contribution in [0.1, 0.15) is 0 Å². The predicted octanol–water partition coefficient (Wildman–Crippen LogP) is 3.04. The minimum Gasteiger partial charge on any atom is -0.465 e. The molecule has 0 aliphatic carbocycles. The molecule has 0 bridgehead atoms. The molecule has 0 aliphatic heterocycles. The molecule has 0 spiro atoms. The van der Waals surface area contributed by atoms with Gasteiger partial charge in [-0.15, -0.1) is 0 Å². The molecule has 6 heteroatoms. The number of anilines is 1. The summed E-state index contributed by atoms with van der Waals surface area (Å²) in [4.78, 5) is 15.0. The zero-order valence-corrected chi connectivity index (χ0v) is 8.79. The molecule has 2 N–H and O–H groups in total. The number of aromatic nitrogens is 1. The second-order valence-corrected chi connectivity index (χ2v) is 4.00. The first kappa shape index (κ1) is 10.6. The fourth-order valence-corrected chi connectivity index (χ4v) is 1.98. The number of carbonyl (C=O) groups is 1. The Morgan fingerprint density at radius 1 is 1.38 bits per heavy atom. The van der Waals surface area contributed by atoms with E-state index in [0.717, 1.165) is 10.4 Å². The number of hydrogen-bond donors (Lipinski definition) is 2. The fourth-order valence-electron chi connectivity index (χ4n) is 1.17. The van der Waals surface area contributed by atoms with Gasteiger partial charge in [-0.05, 0) is 17.7 Å². The number of nitrogens with one attached hydrogen (secondary N) is 1. The highest BCUT2D eigenvalue weighted by atomic mass is 32.1. The molecular weight excluding hydrogens is 231 g/mol. The second-order valence-electron chi connectivity index (χ2n) is 2.97. The molecule has 4 nitrogen and oxygen atoms in total. The molecule has 0 saturated carbocycles. The smallest absolute Gasteiger partial charge is 0.410 e. The summed E-state index contributed by atoms with van der Waals surface area (Å²) in [6, 6.07) is 5.93. The van der Waals surface area contributed by atoms with E-state index in [0.29, 0.717) is 5.13 Å². The highest BCUT2D eigenvalue weighted by Gasteiger charge is 2.06. The largest absolute Gasteiger partial charge is 0.465 e. The van der Waals surface area contributed by atoms with E-state index in [1.165, 1.54) is 23.5 Å². The molecule has 2 aromatic rings. The SMILES string of the molecule is O=C(O)Nc1ncc(-c2ccc(F)cc2)s1. The van der Waals surface area contributed by atoms with Crippen molar-refractivity contribution in [1.29, 1.82) is 0 Å². The first-order valence-corrected chi connectivity index (χ1v) is 5.18. The molecule has 0 saturated heterocycles. The van der Waals surface area contributed by atoms with Gasteiger partial charge in [0.1, 0.15) is 5.82 Å². The molecular formula is C10H7FN2O2S. The van der Waals surface area contributed by atoms with Crippen LogP contribution in [0.4, 0.5) is 14.3 Å². The maximum atomic E-state index is 12.7. The van der Waals surface area contributed by atoms with Crippen LogP contribution in [-0.2, 0) is 0 Å². The quantitative estimate of drug-likeness (QED) is 0.845. The Morgan fingerprint density at radius 2 is 2.06 bits per heavy atom. The van der Waals surface area contributed by atoms with Crippen LogP contribution in [0.3, 0.4) is 0 Å². The van der Waals surface area contributed by atoms with Crippen molar-refractivity contribution < 1.29 is 14.3 Å². The van der Waals surface area contributed by atoms with E-state index >= 15 is 0 Å². The van der Waals surface area contributed by atoms with E-state index in [1.807, 2.05) is 0 Å². The third-order valence-corrected chi connectivity index (χ3v) is 2.81. The van der Waals surface area contributed by atoms with Gasteiger partial charge in [0.15, 0.2) is 5.13 Å². The van der Waals surface area contributed by atoms with E-state index in [-0.39, 0.29) is 5.82 Å². The van der Waals surface area contributed by atoms with Crippen molar-refractivity contribution in [2.75, 3.05) is 5.32 Å². The van der Waals surface area contributed by atoms with Crippen molar-refractivity contribution in [2.24, 2.45) is 0 Å². The van der Waals surface area contributed by atoms with Crippen molar-refractivity contribution in [3.63, 3.8) is 0 Å². The lowest BCUT2D eigenvalue weighted by Gasteiger charge is -1.95. The highest BCUT2D eigenvalue weighted by Crippen LogP contribution is 2.28. The van der Waals surface area contributed by atoms with Crippen molar-refractivity contribution in [3.8, 4) is 10.4 Å². The third-order valence-electron chi connectivity index (χ3n) is 1.85. The molecule has 1 amide bonds. The molecule has 82 valence electrons. The van der Waals surface area contributed by atoms with Crippen molar-refractivity contribution in [3.05, 3.63) is 36.3 Å². The zero-order valence-electron chi connectivity index (χ0n) is 7.98. The fraction of sp³-hybridized carbons (Fsp3) is 0. The number of rotatable bonds is 2. The van der Waals surface area contributed by atoms with Gasteiger partial charge in [0.25, 0.3) is 0 Å². The summed E-state index contributed by atoms with van der Waals surface area (Å²) in [5.74, 6) is -0.308. The van der Waals surface area contributed by atoms with Gasteiger partial charge in [0.2, 0.25) is 0 Å². The summed E-state index contributed by atoms with van der Waals surface area (Å²) in [5, 5.41) is 10.9. The summed E-state index contributed by atoms with van der Waals surface area (Å²) in [6.07, 6.45) is 0.392. The first-order chi connectivity index (χ1) is 7.65. The molecule has 16 heavy (non-hydrogen) atoms. The van der Waals surface area contributed by atoms with E-state index in [2.05, 4.69) is 10.3 Å². The summed E-state index contributed by atoms with van der Waals surface area (Å²) in [6.45, 7) is 0. The molecule has 0 radical (unpaired) electrons. The third kappa shape index (κ3) is 2.34. The predicted molar refractivity (Wildman–Crippen MR) is 59.2 cm³/mol. The first-order valence-electron chi connectivity index (χ1n) is 4.37. The highest BCUT2D eigenvalue weighted by molar-refractivity contribution is 7.19. The van der Waals surface area contributed by atoms with Crippen molar-refractivity contribution >= 4 is 22.6 Å². The minimum atomic E-state index is -1.15. The zero-order chi connectivity index (χ0) is 11.5. The lowest BCUT2D eigenvalue weighted by molar-refractivity contribution is 0.209. The van der Waals surface area contributed by atoms with Crippen molar-refractivity contribution in [1.82, 2.24) is 4.98 Å². The van der Waals surface area contributed by atoms with Crippen LogP contribution in [-0.4, -0.2) is 16.2 Å². The molecule has 0 fully saturated rings. The Labute approximate surface area is 94.4 Å². The van der Waals surface area contributed by atoms with Crippen LogP contribution in [0.5, 0.6) is 0 Å². The van der Waals surface area contributed by atoms with Gasteiger partial charge in [0.05, 0.1) is 4.88 Å². The molecule has 2 rings (SSSR count).